The third-order valence-corrected chi connectivity index (χ3v) is 5.94. The molecule has 0 heterocycles. The molecule has 0 spiro atoms. The zero-order chi connectivity index (χ0) is 9.56. The lowest BCUT2D eigenvalue weighted by Crippen LogP contribution is -2.21. The lowest BCUT2D eigenvalue weighted by Gasteiger charge is -2.09. The van der Waals surface area contributed by atoms with Crippen molar-refractivity contribution in [2.75, 3.05) is 11.5 Å². The molecule has 2 atom stereocenters. The highest BCUT2D eigenvalue weighted by Gasteiger charge is 2.16. The molecule has 2 unspecified atom stereocenters. The Morgan fingerprint density at radius 2 is 1.33 bits per heavy atom. The summed E-state index contributed by atoms with van der Waals surface area (Å²) >= 11 is 0. The summed E-state index contributed by atoms with van der Waals surface area (Å²) in [6, 6.07) is 0. The Morgan fingerprint density at radius 3 is 1.58 bits per heavy atom. The van der Waals surface area contributed by atoms with Crippen molar-refractivity contribution in [2.24, 2.45) is 0 Å². The Kier molecular flexibility index (Phi) is 6.95. The average molecular weight is 210 g/mol. The third kappa shape index (κ3) is 4.36. The van der Waals surface area contributed by atoms with Gasteiger partial charge in [0.2, 0.25) is 0 Å². The van der Waals surface area contributed by atoms with E-state index in [4.69, 9.17) is 0 Å². The first kappa shape index (κ1) is 12.3. The molecule has 12 heavy (non-hydrogen) atoms. The first-order valence-corrected chi connectivity index (χ1v) is 7.14. The molecule has 0 aromatic rings. The molecule has 0 saturated heterocycles. The normalized spacial score (nSPS) is 18.6. The minimum Gasteiger partial charge on any atom is -0.258 e. The highest BCUT2D eigenvalue weighted by atomic mass is 32.2. The van der Waals surface area contributed by atoms with Crippen molar-refractivity contribution in [3.8, 4) is 0 Å². The summed E-state index contributed by atoms with van der Waals surface area (Å²) < 4.78 is 22.6. The Morgan fingerprint density at radius 1 is 1.00 bits per heavy atom. The van der Waals surface area contributed by atoms with E-state index < -0.39 is 21.6 Å². The van der Waals surface area contributed by atoms with E-state index in [0.29, 0.717) is 11.5 Å². The Labute approximate surface area is 80.0 Å². The first-order chi connectivity index (χ1) is 5.63. The highest BCUT2D eigenvalue weighted by molar-refractivity contribution is 8.02. The van der Waals surface area contributed by atoms with E-state index in [1.165, 1.54) is 0 Å². The molecular weight excluding hydrogens is 192 g/mol. The number of hydrogen-bond acceptors (Lipinski definition) is 2. The van der Waals surface area contributed by atoms with Gasteiger partial charge in [-0.15, -0.1) is 0 Å². The molecule has 0 aromatic heterocycles. The lowest BCUT2D eigenvalue weighted by atomic mass is 10.6. The second-order valence-corrected chi connectivity index (χ2v) is 6.79. The maximum Gasteiger partial charge on any atom is 0.107 e. The summed E-state index contributed by atoms with van der Waals surface area (Å²) in [4.78, 5) is 0. The van der Waals surface area contributed by atoms with Crippen LogP contribution < -0.4 is 0 Å². The van der Waals surface area contributed by atoms with Crippen LogP contribution in [0.3, 0.4) is 0 Å². The van der Waals surface area contributed by atoms with Gasteiger partial charge in [0.05, 0.1) is 0 Å². The molecule has 0 radical (unpaired) electrons. The van der Waals surface area contributed by atoms with E-state index in [9.17, 15) is 8.42 Å². The molecule has 0 N–H and O–H groups in total. The van der Waals surface area contributed by atoms with Gasteiger partial charge in [0.1, 0.15) is 4.58 Å². The molecule has 2 nitrogen and oxygen atoms in total. The van der Waals surface area contributed by atoms with Crippen LogP contribution in [0.2, 0.25) is 0 Å². The number of hydrogen-bond donors (Lipinski definition) is 0. The fourth-order valence-corrected chi connectivity index (χ4v) is 3.86. The Bertz CT molecular complexity index is 150. The quantitative estimate of drug-likeness (QED) is 0.668. The van der Waals surface area contributed by atoms with Gasteiger partial charge < -0.3 is 0 Å². The van der Waals surface area contributed by atoms with Crippen LogP contribution in [0, 0.1) is 0 Å². The van der Waals surface area contributed by atoms with Crippen LogP contribution in [0.4, 0.5) is 0 Å². The zero-order valence-electron chi connectivity index (χ0n) is 8.04. The van der Waals surface area contributed by atoms with Crippen molar-refractivity contribution >= 4 is 21.6 Å². The van der Waals surface area contributed by atoms with Crippen LogP contribution in [-0.4, -0.2) is 24.5 Å². The van der Waals surface area contributed by atoms with Crippen LogP contribution in [0.25, 0.3) is 0 Å². The van der Waals surface area contributed by atoms with Crippen molar-refractivity contribution in [2.45, 2.75) is 38.2 Å². The molecule has 0 saturated carbocycles. The molecule has 74 valence electrons. The van der Waals surface area contributed by atoms with Gasteiger partial charge in [-0.3, -0.25) is 8.42 Å². The van der Waals surface area contributed by atoms with Gasteiger partial charge in [-0.2, -0.15) is 0 Å². The zero-order valence-corrected chi connectivity index (χ0v) is 9.67. The van der Waals surface area contributed by atoms with Crippen molar-refractivity contribution in [1.29, 1.82) is 0 Å². The van der Waals surface area contributed by atoms with Gasteiger partial charge in [0, 0.05) is 33.1 Å². The van der Waals surface area contributed by atoms with E-state index in [1.54, 1.807) is 0 Å². The smallest absolute Gasteiger partial charge is 0.107 e. The predicted molar refractivity (Wildman–Crippen MR) is 56.1 cm³/mol. The summed E-state index contributed by atoms with van der Waals surface area (Å²) in [5.41, 5.74) is 0. The molecule has 0 amide bonds. The van der Waals surface area contributed by atoms with Crippen LogP contribution in [0.1, 0.15) is 33.6 Å². The topological polar surface area (TPSA) is 34.1 Å². The summed E-state index contributed by atoms with van der Waals surface area (Å²) in [6.45, 7) is 5.80. The molecule has 0 bridgehead atoms. The van der Waals surface area contributed by atoms with Gasteiger partial charge in [0.25, 0.3) is 0 Å². The Hall–Kier alpha value is 0.300. The molecule has 0 aliphatic carbocycles. The molecule has 0 aromatic carbocycles. The van der Waals surface area contributed by atoms with Crippen LogP contribution >= 0.6 is 0 Å². The molecule has 0 fully saturated rings. The SMILES string of the molecule is CCCS(=O)C(C)S(=O)CCC. The third-order valence-electron chi connectivity index (χ3n) is 1.55. The highest BCUT2D eigenvalue weighted by Crippen LogP contribution is 2.04. The average Bonchev–Trinajstić information content (AvgIpc) is 2.04. The minimum atomic E-state index is -0.897. The van der Waals surface area contributed by atoms with E-state index >= 15 is 0 Å². The fourth-order valence-electron chi connectivity index (χ4n) is 0.854. The van der Waals surface area contributed by atoms with Crippen LogP contribution in [0.5, 0.6) is 0 Å². The van der Waals surface area contributed by atoms with Crippen molar-refractivity contribution in [1.82, 2.24) is 0 Å². The standard InChI is InChI=1S/C8H18O2S2/c1-4-6-11(9)8(3)12(10)7-5-2/h8H,4-7H2,1-3H3. The van der Waals surface area contributed by atoms with Gasteiger partial charge >= 0.3 is 0 Å². The fraction of sp³-hybridized carbons (Fsp3) is 1.00. The van der Waals surface area contributed by atoms with E-state index in [1.807, 2.05) is 20.8 Å². The van der Waals surface area contributed by atoms with E-state index in [-0.39, 0.29) is 4.58 Å². The summed E-state index contributed by atoms with van der Waals surface area (Å²) in [6.07, 6.45) is 1.81. The largest absolute Gasteiger partial charge is 0.258 e. The lowest BCUT2D eigenvalue weighted by molar-refractivity contribution is 0.670. The Balaban J connectivity index is 3.91. The summed E-state index contributed by atoms with van der Waals surface area (Å²) in [5, 5.41) is 0. The van der Waals surface area contributed by atoms with Crippen LogP contribution in [0.15, 0.2) is 0 Å². The molecular formula is C8H18O2S2. The van der Waals surface area contributed by atoms with Crippen molar-refractivity contribution < 1.29 is 8.42 Å². The van der Waals surface area contributed by atoms with Gasteiger partial charge in [-0.25, -0.2) is 0 Å². The van der Waals surface area contributed by atoms with Gasteiger partial charge in [-0.1, -0.05) is 13.8 Å². The monoisotopic (exact) mass is 210 g/mol. The van der Waals surface area contributed by atoms with E-state index in [2.05, 4.69) is 0 Å². The maximum absolute atomic E-state index is 11.4. The molecule has 4 heteroatoms. The number of rotatable bonds is 6. The van der Waals surface area contributed by atoms with Crippen LogP contribution in [-0.2, 0) is 21.6 Å². The van der Waals surface area contributed by atoms with Crippen molar-refractivity contribution in [3.05, 3.63) is 0 Å². The second-order valence-electron chi connectivity index (χ2n) is 2.74. The predicted octanol–water partition coefficient (Wildman–Crippen LogP) is 1.65. The second kappa shape index (κ2) is 6.78. The van der Waals surface area contributed by atoms with Gasteiger partial charge in [0.15, 0.2) is 0 Å². The molecule has 0 aliphatic heterocycles. The van der Waals surface area contributed by atoms with Crippen molar-refractivity contribution in [3.63, 3.8) is 0 Å². The first-order valence-electron chi connectivity index (χ1n) is 4.37. The maximum atomic E-state index is 11.4. The summed E-state index contributed by atoms with van der Waals surface area (Å²) in [5.74, 6) is 1.35. The molecule has 0 rings (SSSR count). The van der Waals surface area contributed by atoms with Gasteiger partial charge in [-0.05, 0) is 19.8 Å². The minimum absolute atomic E-state index is 0.148. The van der Waals surface area contributed by atoms with E-state index in [0.717, 1.165) is 12.8 Å². The summed E-state index contributed by atoms with van der Waals surface area (Å²) in [7, 11) is -1.79. The molecule has 0 aliphatic rings.